The Hall–Kier alpha value is -1.08. The molecule has 0 fully saturated rings. The van der Waals surface area contributed by atoms with Gasteiger partial charge in [-0.1, -0.05) is 91.8 Å². The first-order chi connectivity index (χ1) is 15.7. The first-order valence-electron chi connectivity index (χ1n) is 12.5. The molecule has 1 rings (SSSR count). The smallest absolute Gasteiger partial charge is 0.220 e. The summed E-state index contributed by atoms with van der Waals surface area (Å²) in [5, 5.41) is 21.8. The van der Waals surface area contributed by atoms with E-state index in [0.717, 1.165) is 18.4 Å². The molecular formula is C27H44INO3. The Balaban J connectivity index is 1.94. The van der Waals surface area contributed by atoms with Gasteiger partial charge in [-0.3, -0.25) is 4.79 Å². The number of allylic oxidation sites excluding steroid dienone is 2. The summed E-state index contributed by atoms with van der Waals surface area (Å²) >= 11 is 2.46. The Morgan fingerprint density at radius 3 is 1.94 bits per heavy atom. The molecule has 182 valence electrons. The molecule has 5 heteroatoms. The van der Waals surface area contributed by atoms with Gasteiger partial charge < -0.3 is 15.5 Å². The fourth-order valence-electron chi connectivity index (χ4n) is 3.76. The summed E-state index contributed by atoms with van der Waals surface area (Å²) in [4.78, 5) is 12.1. The number of aromatic hydroxyl groups is 1. The summed E-state index contributed by atoms with van der Waals surface area (Å²) in [6.45, 7) is -0.0845. The Bertz CT molecular complexity index is 603. The number of alkyl halides is 1. The second-order valence-electron chi connectivity index (χ2n) is 8.69. The number of halogens is 1. The number of aliphatic hydroxyl groups is 1. The lowest BCUT2D eigenvalue weighted by atomic mass is 10.1. The molecule has 0 saturated heterocycles. The van der Waals surface area contributed by atoms with Crippen LogP contribution in [-0.4, -0.2) is 33.2 Å². The molecule has 4 nitrogen and oxygen atoms in total. The van der Waals surface area contributed by atoms with Crippen molar-refractivity contribution in [2.24, 2.45) is 0 Å². The molecule has 32 heavy (non-hydrogen) atoms. The van der Waals surface area contributed by atoms with Crippen LogP contribution in [0.2, 0.25) is 0 Å². The van der Waals surface area contributed by atoms with Gasteiger partial charge in [0.15, 0.2) is 0 Å². The van der Waals surface area contributed by atoms with Crippen molar-refractivity contribution in [3.63, 3.8) is 0 Å². The summed E-state index contributed by atoms with van der Waals surface area (Å²) in [6, 6.07) is 6.60. The molecule has 0 bridgehead atoms. The topological polar surface area (TPSA) is 69.6 Å². The third-order valence-corrected chi connectivity index (χ3v) is 6.46. The predicted molar refractivity (Wildman–Crippen MR) is 143 cm³/mol. The van der Waals surface area contributed by atoms with Crippen LogP contribution in [0.15, 0.2) is 36.4 Å². The van der Waals surface area contributed by atoms with Crippen LogP contribution in [0.3, 0.4) is 0 Å². The number of benzene rings is 1. The van der Waals surface area contributed by atoms with Crippen LogP contribution >= 0.6 is 22.6 Å². The summed E-state index contributed by atoms with van der Waals surface area (Å²) in [6.07, 6.45) is 22.0. The van der Waals surface area contributed by atoms with Crippen LogP contribution in [0.25, 0.3) is 0 Å². The number of unbranched alkanes of at least 4 members (excludes halogenated alkanes) is 11. The number of aliphatic hydroxyl groups excluding tert-OH is 1. The minimum absolute atomic E-state index is 0.00997. The van der Waals surface area contributed by atoms with E-state index in [9.17, 15) is 15.0 Å². The Morgan fingerprint density at radius 1 is 0.844 bits per heavy atom. The average molecular weight is 558 g/mol. The fourth-order valence-corrected chi connectivity index (χ4v) is 4.29. The van der Waals surface area contributed by atoms with Crippen molar-refractivity contribution in [3.05, 3.63) is 42.0 Å². The highest BCUT2D eigenvalue weighted by Crippen LogP contribution is 2.12. The normalized spacial score (nSPS) is 12.3. The molecule has 1 aromatic carbocycles. The van der Waals surface area contributed by atoms with Gasteiger partial charge in [-0.05, 0) is 67.1 Å². The summed E-state index contributed by atoms with van der Waals surface area (Å²) in [5.41, 5.74) is 0.985. The average Bonchev–Trinajstić information content (AvgIpc) is 2.79. The molecule has 0 radical (unpaired) electrons. The van der Waals surface area contributed by atoms with Crippen LogP contribution in [0.5, 0.6) is 5.75 Å². The Kier molecular flexibility index (Phi) is 18.6. The Morgan fingerprint density at radius 2 is 1.38 bits per heavy atom. The van der Waals surface area contributed by atoms with Gasteiger partial charge in [0.1, 0.15) is 5.75 Å². The van der Waals surface area contributed by atoms with Crippen molar-refractivity contribution >= 4 is 28.5 Å². The van der Waals surface area contributed by atoms with Gasteiger partial charge in [0.2, 0.25) is 5.91 Å². The van der Waals surface area contributed by atoms with E-state index < -0.39 is 0 Å². The molecular weight excluding hydrogens is 513 g/mol. The van der Waals surface area contributed by atoms with E-state index in [1.165, 1.54) is 75.1 Å². The van der Waals surface area contributed by atoms with Crippen LogP contribution in [-0.2, 0) is 11.2 Å². The highest BCUT2D eigenvalue weighted by Gasteiger charge is 2.12. The van der Waals surface area contributed by atoms with Gasteiger partial charge in [0.25, 0.3) is 0 Å². The van der Waals surface area contributed by atoms with Crippen molar-refractivity contribution in [2.75, 3.05) is 11.0 Å². The standard InChI is InChI=1S/C27H44INO3/c28-21-15-13-11-9-7-5-3-1-2-4-6-8-10-12-14-16-27(32)29-25(23-30)22-24-17-19-26(31)20-18-24/h1-2,17-20,25,30-31H,3-16,21-23H2,(H,29,32)/b2-1-/t25-/m0/s1. The highest BCUT2D eigenvalue weighted by molar-refractivity contribution is 14.1. The lowest BCUT2D eigenvalue weighted by molar-refractivity contribution is -0.122. The number of amides is 1. The Labute approximate surface area is 209 Å². The second-order valence-corrected chi connectivity index (χ2v) is 9.77. The van der Waals surface area contributed by atoms with Gasteiger partial charge in [-0.15, -0.1) is 0 Å². The maximum Gasteiger partial charge on any atom is 0.220 e. The summed E-state index contributed by atoms with van der Waals surface area (Å²) in [5.74, 6) is 0.230. The largest absolute Gasteiger partial charge is 0.508 e. The number of phenolic OH excluding ortho intramolecular Hbond substituents is 1. The molecule has 0 aliphatic rings. The lowest BCUT2D eigenvalue weighted by Gasteiger charge is -2.16. The van der Waals surface area contributed by atoms with E-state index in [1.54, 1.807) is 12.1 Å². The number of carbonyl (C=O) groups excluding carboxylic acids is 1. The monoisotopic (exact) mass is 557 g/mol. The number of hydrogen-bond donors (Lipinski definition) is 3. The summed E-state index contributed by atoms with van der Waals surface area (Å²) in [7, 11) is 0. The number of rotatable bonds is 20. The van der Waals surface area contributed by atoms with E-state index in [1.807, 2.05) is 12.1 Å². The van der Waals surface area contributed by atoms with Gasteiger partial charge in [0.05, 0.1) is 12.6 Å². The molecule has 0 heterocycles. The van der Waals surface area contributed by atoms with Gasteiger partial charge in [-0.25, -0.2) is 0 Å². The van der Waals surface area contributed by atoms with Crippen LogP contribution in [0.1, 0.15) is 95.5 Å². The minimum Gasteiger partial charge on any atom is -0.508 e. The summed E-state index contributed by atoms with van der Waals surface area (Å²) < 4.78 is 1.30. The number of hydrogen-bond acceptors (Lipinski definition) is 3. The van der Waals surface area contributed by atoms with E-state index >= 15 is 0 Å². The number of phenols is 1. The third kappa shape index (κ3) is 16.5. The molecule has 0 aromatic heterocycles. The van der Waals surface area contributed by atoms with Crippen LogP contribution in [0, 0.1) is 0 Å². The zero-order valence-corrected chi connectivity index (χ0v) is 21.9. The van der Waals surface area contributed by atoms with Crippen molar-refractivity contribution in [1.29, 1.82) is 0 Å². The number of carbonyl (C=O) groups is 1. The van der Waals surface area contributed by atoms with Crippen molar-refractivity contribution in [1.82, 2.24) is 5.32 Å². The van der Waals surface area contributed by atoms with Crippen LogP contribution < -0.4 is 5.32 Å². The van der Waals surface area contributed by atoms with Gasteiger partial charge in [0, 0.05) is 6.42 Å². The van der Waals surface area contributed by atoms with Crippen molar-refractivity contribution in [3.8, 4) is 5.75 Å². The SMILES string of the molecule is O=C(CCCCCCC/C=C\CCCCCCCCI)N[C@H](CO)Cc1ccc(O)cc1. The van der Waals surface area contributed by atoms with Crippen molar-refractivity contribution in [2.45, 2.75) is 102 Å². The molecule has 0 saturated carbocycles. The van der Waals surface area contributed by atoms with E-state index in [2.05, 4.69) is 40.1 Å². The fraction of sp³-hybridized carbons (Fsp3) is 0.667. The highest BCUT2D eigenvalue weighted by atomic mass is 127. The van der Waals surface area contributed by atoms with Crippen molar-refractivity contribution < 1.29 is 15.0 Å². The zero-order valence-electron chi connectivity index (χ0n) is 19.7. The first-order valence-corrected chi connectivity index (χ1v) is 14.1. The van der Waals surface area contributed by atoms with Gasteiger partial charge >= 0.3 is 0 Å². The maximum atomic E-state index is 12.1. The molecule has 0 aliphatic carbocycles. The van der Waals surface area contributed by atoms with E-state index in [4.69, 9.17) is 0 Å². The third-order valence-electron chi connectivity index (χ3n) is 5.70. The molecule has 0 unspecified atom stereocenters. The molecule has 0 aliphatic heterocycles. The molecule has 0 spiro atoms. The van der Waals surface area contributed by atoms with E-state index in [0.29, 0.717) is 12.8 Å². The molecule has 3 N–H and O–H groups in total. The molecule has 1 aromatic rings. The molecule has 1 atom stereocenters. The first kappa shape index (κ1) is 29.0. The second kappa shape index (κ2) is 20.5. The maximum absolute atomic E-state index is 12.1. The molecule has 1 amide bonds. The quantitative estimate of drug-likeness (QED) is 0.0710. The number of nitrogens with one attached hydrogen (secondary N) is 1. The van der Waals surface area contributed by atoms with Crippen LogP contribution in [0.4, 0.5) is 0 Å². The zero-order chi connectivity index (χ0) is 23.3. The minimum atomic E-state index is -0.278. The predicted octanol–water partition coefficient (Wildman–Crippen LogP) is 6.86. The van der Waals surface area contributed by atoms with E-state index in [-0.39, 0.29) is 24.3 Å². The van der Waals surface area contributed by atoms with Gasteiger partial charge in [-0.2, -0.15) is 0 Å². The lowest BCUT2D eigenvalue weighted by Crippen LogP contribution is -2.38.